The Balaban J connectivity index is 1.85. The quantitative estimate of drug-likeness (QED) is 0.614. The minimum Gasteiger partial charge on any atom is -0.493 e. The maximum atomic E-state index is 12.8. The molecular formula is C21H23ClN4O4. The molecule has 0 radical (unpaired) electrons. The zero-order valence-electron chi connectivity index (χ0n) is 17.4. The zero-order valence-corrected chi connectivity index (χ0v) is 18.1. The fourth-order valence-corrected chi connectivity index (χ4v) is 3.25. The molecule has 0 saturated carbocycles. The summed E-state index contributed by atoms with van der Waals surface area (Å²) < 4.78 is 17.6. The molecule has 0 spiro atoms. The highest BCUT2D eigenvalue weighted by atomic mass is 35.5. The molecule has 1 unspecified atom stereocenters. The van der Waals surface area contributed by atoms with E-state index in [1.165, 1.54) is 7.11 Å². The molecular weight excluding hydrogens is 408 g/mol. The zero-order chi connectivity index (χ0) is 21.8. The van der Waals surface area contributed by atoms with Gasteiger partial charge >= 0.3 is 0 Å². The lowest BCUT2D eigenvalue weighted by molar-refractivity contribution is 0.0929. The third kappa shape index (κ3) is 4.18. The van der Waals surface area contributed by atoms with Crippen LogP contribution in [0.1, 0.15) is 35.0 Å². The second-order valence-electron chi connectivity index (χ2n) is 6.50. The Morgan fingerprint density at radius 1 is 1.10 bits per heavy atom. The molecule has 0 aliphatic rings. The van der Waals surface area contributed by atoms with Gasteiger partial charge in [-0.1, -0.05) is 23.7 Å². The molecule has 3 rings (SSSR count). The Bertz CT molecular complexity index is 1040. The lowest BCUT2D eigenvalue weighted by Gasteiger charge is -2.18. The molecule has 1 heterocycles. The number of nitrogens with zero attached hydrogens (tertiary/aromatic N) is 3. The Labute approximate surface area is 179 Å². The molecule has 0 aliphatic heterocycles. The highest BCUT2D eigenvalue weighted by Gasteiger charge is 2.21. The summed E-state index contributed by atoms with van der Waals surface area (Å²) in [6.07, 6.45) is 0. The van der Waals surface area contributed by atoms with E-state index in [0.717, 1.165) is 5.56 Å². The predicted molar refractivity (Wildman–Crippen MR) is 113 cm³/mol. The summed E-state index contributed by atoms with van der Waals surface area (Å²) in [5, 5.41) is 7.74. The summed E-state index contributed by atoms with van der Waals surface area (Å²) in [5.74, 6) is 1.68. The van der Waals surface area contributed by atoms with E-state index in [9.17, 15) is 4.79 Å². The van der Waals surface area contributed by atoms with Crippen molar-refractivity contribution in [1.82, 2.24) is 20.1 Å². The number of nitrogens with one attached hydrogen (secondary N) is 1. The molecule has 1 aromatic heterocycles. The number of halogens is 1. The highest BCUT2D eigenvalue weighted by Crippen LogP contribution is 2.39. The van der Waals surface area contributed by atoms with E-state index < -0.39 is 5.91 Å². The van der Waals surface area contributed by atoms with Crippen LogP contribution in [0.25, 0.3) is 5.69 Å². The fourth-order valence-electron chi connectivity index (χ4n) is 3.03. The van der Waals surface area contributed by atoms with Crippen LogP contribution in [0.3, 0.4) is 0 Å². The topological polar surface area (TPSA) is 87.5 Å². The van der Waals surface area contributed by atoms with E-state index in [1.807, 2.05) is 25.1 Å². The monoisotopic (exact) mass is 430 g/mol. The molecule has 9 heteroatoms. The van der Waals surface area contributed by atoms with Crippen LogP contribution >= 0.6 is 11.6 Å². The third-order valence-electron chi connectivity index (χ3n) is 4.59. The molecule has 1 amide bonds. The van der Waals surface area contributed by atoms with Gasteiger partial charge in [0.1, 0.15) is 5.82 Å². The van der Waals surface area contributed by atoms with Gasteiger partial charge in [0.05, 0.1) is 38.1 Å². The largest absolute Gasteiger partial charge is 0.493 e. The van der Waals surface area contributed by atoms with Crippen molar-refractivity contribution in [3.05, 3.63) is 58.6 Å². The number of methoxy groups -OCH3 is 3. The number of rotatable bonds is 7. The predicted octanol–water partition coefficient (Wildman–Crippen LogP) is 3.75. The van der Waals surface area contributed by atoms with Crippen LogP contribution in [-0.4, -0.2) is 42.0 Å². The first kappa shape index (κ1) is 21.4. The molecule has 0 fully saturated rings. The third-order valence-corrected chi connectivity index (χ3v) is 4.91. The van der Waals surface area contributed by atoms with Crippen molar-refractivity contribution >= 4 is 17.5 Å². The summed E-state index contributed by atoms with van der Waals surface area (Å²) in [4.78, 5) is 17.1. The Morgan fingerprint density at radius 3 is 2.30 bits per heavy atom. The van der Waals surface area contributed by atoms with Gasteiger partial charge in [-0.05, 0) is 43.7 Å². The average molecular weight is 431 g/mol. The van der Waals surface area contributed by atoms with Crippen LogP contribution in [0, 0.1) is 6.92 Å². The molecule has 1 N–H and O–H groups in total. The van der Waals surface area contributed by atoms with Crippen LogP contribution < -0.4 is 19.5 Å². The maximum absolute atomic E-state index is 12.8. The van der Waals surface area contributed by atoms with Gasteiger partial charge in [-0.2, -0.15) is 0 Å². The van der Waals surface area contributed by atoms with Gasteiger partial charge in [0, 0.05) is 0 Å². The van der Waals surface area contributed by atoms with Gasteiger partial charge in [0.2, 0.25) is 11.6 Å². The van der Waals surface area contributed by atoms with Crippen molar-refractivity contribution in [1.29, 1.82) is 0 Å². The summed E-state index contributed by atoms with van der Waals surface area (Å²) in [6.45, 7) is 3.60. The highest BCUT2D eigenvalue weighted by molar-refractivity contribution is 6.32. The molecule has 30 heavy (non-hydrogen) atoms. The number of benzene rings is 2. The van der Waals surface area contributed by atoms with Gasteiger partial charge in [0.25, 0.3) is 5.91 Å². The minimum atomic E-state index is -0.412. The summed E-state index contributed by atoms with van der Waals surface area (Å²) in [7, 11) is 4.62. The smallest absolute Gasteiger partial charge is 0.291 e. The van der Waals surface area contributed by atoms with E-state index in [2.05, 4.69) is 15.4 Å². The molecule has 0 bridgehead atoms. The molecule has 1 atom stereocenters. The van der Waals surface area contributed by atoms with Crippen molar-refractivity contribution in [3.8, 4) is 22.9 Å². The molecule has 2 aromatic carbocycles. The van der Waals surface area contributed by atoms with Crippen molar-refractivity contribution < 1.29 is 19.0 Å². The van der Waals surface area contributed by atoms with Crippen molar-refractivity contribution in [3.63, 3.8) is 0 Å². The van der Waals surface area contributed by atoms with E-state index in [0.29, 0.717) is 33.8 Å². The summed E-state index contributed by atoms with van der Waals surface area (Å²) in [5.41, 5.74) is 1.43. The number of aryl methyl sites for hydroxylation is 1. The minimum absolute atomic E-state index is 0.0479. The van der Waals surface area contributed by atoms with Gasteiger partial charge in [-0.3, -0.25) is 4.79 Å². The summed E-state index contributed by atoms with van der Waals surface area (Å²) >= 11 is 6.24. The SMILES string of the molecule is COc1cc(C(C)NC(=O)c2nc(C)n(-c3ccccc3Cl)n2)cc(OC)c1OC. The van der Waals surface area contributed by atoms with E-state index >= 15 is 0 Å². The first-order valence-electron chi connectivity index (χ1n) is 9.19. The normalized spacial score (nSPS) is 11.7. The molecule has 0 aliphatic carbocycles. The number of carbonyl (C=O) groups is 1. The van der Waals surface area contributed by atoms with Crippen molar-refractivity contribution in [2.24, 2.45) is 0 Å². The van der Waals surface area contributed by atoms with Gasteiger partial charge in [-0.25, -0.2) is 9.67 Å². The van der Waals surface area contributed by atoms with Gasteiger partial charge in [0.15, 0.2) is 11.5 Å². The lowest BCUT2D eigenvalue weighted by atomic mass is 10.1. The molecule has 0 saturated heterocycles. The number of aromatic nitrogens is 3. The van der Waals surface area contributed by atoms with Crippen LogP contribution in [0.5, 0.6) is 17.2 Å². The van der Waals surface area contributed by atoms with E-state index in [4.69, 9.17) is 25.8 Å². The van der Waals surface area contributed by atoms with Crippen molar-refractivity contribution in [2.45, 2.75) is 19.9 Å². The van der Waals surface area contributed by atoms with Crippen LogP contribution in [0.15, 0.2) is 36.4 Å². The van der Waals surface area contributed by atoms with E-state index in [-0.39, 0.29) is 11.9 Å². The van der Waals surface area contributed by atoms with E-state index in [1.54, 1.807) is 44.0 Å². The van der Waals surface area contributed by atoms with Crippen molar-refractivity contribution in [2.75, 3.05) is 21.3 Å². The van der Waals surface area contributed by atoms with Crippen LogP contribution in [-0.2, 0) is 0 Å². The molecule has 158 valence electrons. The average Bonchev–Trinajstić information content (AvgIpc) is 3.14. The number of ether oxygens (including phenoxy) is 3. The molecule has 8 nitrogen and oxygen atoms in total. The Hall–Kier alpha value is -3.26. The number of para-hydroxylation sites is 1. The van der Waals surface area contributed by atoms with Crippen LogP contribution in [0.2, 0.25) is 5.02 Å². The number of hydrogen-bond acceptors (Lipinski definition) is 6. The second-order valence-corrected chi connectivity index (χ2v) is 6.91. The van der Waals surface area contributed by atoms with Gasteiger partial charge in [-0.15, -0.1) is 5.10 Å². The van der Waals surface area contributed by atoms with Crippen LogP contribution in [0.4, 0.5) is 0 Å². The Morgan fingerprint density at radius 2 is 1.73 bits per heavy atom. The Kier molecular flexibility index (Phi) is 6.47. The standard InChI is InChI=1S/C21H23ClN4O4/c1-12(14-10-17(28-3)19(30-5)18(11-14)29-4)23-21(27)20-24-13(2)26(25-20)16-9-7-6-8-15(16)22/h6-12H,1-5H3,(H,23,27). The number of amides is 1. The fraction of sp³-hybridized carbons (Fsp3) is 0.286. The summed E-state index contributed by atoms with van der Waals surface area (Å²) in [6, 6.07) is 10.4. The molecule has 3 aromatic rings. The maximum Gasteiger partial charge on any atom is 0.291 e. The van der Waals surface area contributed by atoms with Gasteiger partial charge < -0.3 is 19.5 Å². The number of carbonyl (C=O) groups excluding carboxylic acids is 1. The second kappa shape index (κ2) is 9.04. The number of hydrogen-bond donors (Lipinski definition) is 1. The first-order valence-corrected chi connectivity index (χ1v) is 9.56. The first-order chi connectivity index (χ1) is 14.4. The lowest BCUT2D eigenvalue weighted by Crippen LogP contribution is -2.27.